The zero-order valence-corrected chi connectivity index (χ0v) is 12.1. The maximum absolute atomic E-state index is 11.4. The molecule has 1 fully saturated rings. The molecule has 0 aromatic carbocycles. The van der Waals surface area contributed by atoms with E-state index in [-0.39, 0.29) is 5.91 Å². The van der Waals surface area contributed by atoms with Crippen LogP contribution in [0.15, 0.2) is 18.3 Å². The molecule has 0 radical (unpaired) electrons. The predicted molar refractivity (Wildman–Crippen MR) is 80.4 cm³/mol. The van der Waals surface area contributed by atoms with E-state index in [9.17, 15) is 4.79 Å². The van der Waals surface area contributed by atoms with Gasteiger partial charge in [0, 0.05) is 25.8 Å². The highest BCUT2D eigenvalue weighted by atomic mass is 16.2. The van der Waals surface area contributed by atoms with Crippen molar-refractivity contribution >= 4 is 11.7 Å². The maximum Gasteiger partial charge on any atom is 0.236 e. The summed E-state index contributed by atoms with van der Waals surface area (Å²) in [5.41, 5.74) is 6.50. The molecule has 1 aliphatic heterocycles. The molecule has 0 bridgehead atoms. The number of amides is 1. The number of hydrogen-bond donors (Lipinski definition) is 2. The van der Waals surface area contributed by atoms with Crippen LogP contribution in [0.5, 0.6) is 0 Å². The molecule has 1 unspecified atom stereocenters. The third kappa shape index (κ3) is 4.20. The Hall–Kier alpha value is -1.62. The van der Waals surface area contributed by atoms with Crippen LogP contribution in [-0.2, 0) is 11.3 Å². The maximum atomic E-state index is 11.4. The third-order valence-corrected chi connectivity index (χ3v) is 3.62. The van der Waals surface area contributed by atoms with Crippen LogP contribution in [0.1, 0.15) is 38.2 Å². The van der Waals surface area contributed by atoms with E-state index >= 15 is 0 Å². The van der Waals surface area contributed by atoms with Crippen LogP contribution in [0.3, 0.4) is 0 Å². The summed E-state index contributed by atoms with van der Waals surface area (Å²) >= 11 is 0. The van der Waals surface area contributed by atoms with Gasteiger partial charge in [0.05, 0.1) is 6.04 Å². The molecule has 110 valence electrons. The molecule has 0 aliphatic carbocycles. The van der Waals surface area contributed by atoms with Gasteiger partial charge in [-0.25, -0.2) is 4.98 Å². The van der Waals surface area contributed by atoms with Gasteiger partial charge in [-0.3, -0.25) is 4.79 Å². The van der Waals surface area contributed by atoms with Crippen molar-refractivity contribution in [2.45, 2.75) is 45.2 Å². The Morgan fingerprint density at radius 2 is 2.05 bits per heavy atom. The van der Waals surface area contributed by atoms with Gasteiger partial charge >= 0.3 is 0 Å². The van der Waals surface area contributed by atoms with Gasteiger partial charge < -0.3 is 16.0 Å². The Bertz CT molecular complexity index is 422. The highest BCUT2D eigenvalue weighted by Crippen LogP contribution is 2.17. The minimum absolute atomic E-state index is 0.137. The highest BCUT2D eigenvalue weighted by molar-refractivity contribution is 5.80. The van der Waals surface area contributed by atoms with Crippen LogP contribution in [0.25, 0.3) is 0 Å². The zero-order valence-electron chi connectivity index (χ0n) is 12.1. The van der Waals surface area contributed by atoms with E-state index in [1.165, 1.54) is 25.7 Å². The van der Waals surface area contributed by atoms with Crippen molar-refractivity contribution in [1.82, 2.24) is 10.3 Å². The lowest BCUT2D eigenvalue weighted by molar-refractivity contribution is -0.122. The summed E-state index contributed by atoms with van der Waals surface area (Å²) in [6.45, 7) is 4.34. The van der Waals surface area contributed by atoms with Crippen molar-refractivity contribution < 1.29 is 4.79 Å². The molecule has 2 rings (SSSR count). The molecular weight excluding hydrogens is 252 g/mol. The molecule has 1 saturated heterocycles. The number of nitrogens with zero attached hydrogens (tertiary/aromatic N) is 2. The van der Waals surface area contributed by atoms with Crippen LogP contribution in [-0.4, -0.2) is 30.0 Å². The number of nitrogens with two attached hydrogens (primary N) is 1. The van der Waals surface area contributed by atoms with Gasteiger partial charge in [0.15, 0.2) is 0 Å². The number of aromatic nitrogens is 1. The van der Waals surface area contributed by atoms with Crippen LogP contribution >= 0.6 is 0 Å². The van der Waals surface area contributed by atoms with E-state index in [0.29, 0.717) is 6.54 Å². The van der Waals surface area contributed by atoms with Crippen LogP contribution in [0, 0.1) is 0 Å². The number of pyridine rings is 1. The minimum Gasteiger partial charge on any atom is -0.357 e. The summed E-state index contributed by atoms with van der Waals surface area (Å²) in [6.07, 6.45) is 6.96. The molecule has 1 aromatic heterocycles. The van der Waals surface area contributed by atoms with Gasteiger partial charge in [0.1, 0.15) is 5.82 Å². The number of carbonyl (C=O) groups excluding carboxylic acids is 1. The van der Waals surface area contributed by atoms with Crippen molar-refractivity contribution in [1.29, 1.82) is 0 Å². The number of anilines is 1. The molecular formula is C15H24N4O. The first-order valence-electron chi connectivity index (χ1n) is 7.40. The monoisotopic (exact) mass is 276 g/mol. The molecule has 2 heterocycles. The Kier molecular flexibility index (Phi) is 5.35. The standard InChI is InChI=1S/C15H24N4O/c1-12(16)15(20)18-11-13-6-7-14(17-10-13)19-8-4-2-3-5-9-19/h6-7,10,12H,2-5,8-9,11,16H2,1H3,(H,18,20). The van der Waals surface area contributed by atoms with Gasteiger partial charge in [0.25, 0.3) is 0 Å². The second-order valence-electron chi connectivity index (χ2n) is 5.43. The predicted octanol–water partition coefficient (Wildman–Crippen LogP) is 1.43. The molecule has 20 heavy (non-hydrogen) atoms. The first-order valence-corrected chi connectivity index (χ1v) is 7.40. The average Bonchev–Trinajstić information content (AvgIpc) is 2.74. The van der Waals surface area contributed by atoms with Gasteiger partial charge in [-0.1, -0.05) is 18.9 Å². The molecule has 0 spiro atoms. The van der Waals surface area contributed by atoms with E-state index in [0.717, 1.165) is 24.5 Å². The fraction of sp³-hybridized carbons (Fsp3) is 0.600. The smallest absolute Gasteiger partial charge is 0.236 e. The molecule has 1 amide bonds. The van der Waals surface area contributed by atoms with E-state index in [4.69, 9.17) is 5.73 Å². The SMILES string of the molecule is CC(N)C(=O)NCc1ccc(N2CCCCCC2)nc1. The topological polar surface area (TPSA) is 71.2 Å². The Labute approximate surface area is 120 Å². The number of hydrogen-bond acceptors (Lipinski definition) is 4. The molecule has 1 aromatic rings. The summed E-state index contributed by atoms with van der Waals surface area (Å²) in [7, 11) is 0. The third-order valence-electron chi connectivity index (χ3n) is 3.62. The Morgan fingerprint density at radius 1 is 1.35 bits per heavy atom. The van der Waals surface area contributed by atoms with Crippen molar-refractivity contribution in [3.8, 4) is 0 Å². The lowest BCUT2D eigenvalue weighted by Crippen LogP contribution is -2.37. The summed E-state index contributed by atoms with van der Waals surface area (Å²) in [5.74, 6) is 0.899. The van der Waals surface area contributed by atoms with Gasteiger partial charge in [-0.2, -0.15) is 0 Å². The number of rotatable bonds is 4. The largest absolute Gasteiger partial charge is 0.357 e. The van der Waals surface area contributed by atoms with Crippen molar-refractivity contribution in [2.24, 2.45) is 5.73 Å². The van der Waals surface area contributed by atoms with E-state index in [1.54, 1.807) is 6.92 Å². The van der Waals surface area contributed by atoms with Crippen LogP contribution < -0.4 is 16.0 Å². The molecule has 1 aliphatic rings. The average molecular weight is 276 g/mol. The van der Waals surface area contributed by atoms with Gasteiger partial charge in [-0.15, -0.1) is 0 Å². The number of carbonyl (C=O) groups is 1. The van der Waals surface area contributed by atoms with Crippen LogP contribution in [0.2, 0.25) is 0 Å². The van der Waals surface area contributed by atoms with Gasteiger partial charge in [0.2, 0.25) is 5.91 Å². The Morgan fingerprint density at radius 3 is 2.60 bits per heavy atom. The molecule has 5 heteroatoms. The Balaban J connectivity index is 1.90. The van der Waals surface area contributed by atoms with Crippen LogP contribution in [0.4, 0.5) is 5.82 Å². The lowest BCUT2D eigenvalue weighted by Gasteiger charge is -2.21. The van der Waals surface area contributed by atoms with Gasteiger partial charge in [-0.05, 0) is 31.4 Å². The summed E-state index contributed by atoms with van der Waals surface area (Å²) in [5, 5.41) is 2.79. The van der Waals surface area contributed by atoms with E-state index in [2.05, 4.69) is 15.2 Å². The summed E-state index contributed by atoms with van der Waals surface area (Å²) in [4.78, 5) is 18.3. The molecule has 5 nitrogen and oxygen atoms in total. The van der Waals surface area contributed by atoms with E-state index in [1.807, 2.05) is 18.3 Å². The number of nitrogens with one attached hydrogen (secondary N) is 1. The highest BCUT2D eigenvalue weighted by Gasteiger charge is 2.11. The second kappa shape index (κ2) is 7.24. The van der Waals surface area contributed by atoms with Crippen molar-refractivity contribution in [2.75, 3.05) is 18.0 Å². The first kappa shape index (κ1) is 14.8. The molecule has 3 N–H and O–H groups in total. The second-order valence-corrected chi connectivity index (χ2v) is 5.43. The normalized spacial score (nSPS) is 17.4. The fourth-order valence-electron chi connectivity index (χ4n) is 2.36. The first-order chi connectivity index (χ1) is 9.66. The fourth-order valence-corrected chi connectivity index (χ4v) is 2.36. The van der Waals surface area contributed by atoms with E-state index < -0.39 is 6.04 Å². The van der Waals surface area contributed by atoms with Crippen molar-refractivity contribution in [3.63, 3.8) is 0 Å². The lowest BCUT2D eigenvalue weighted by atomic mass is 10.2. The summed E-state index contributed by atoms with van der Waals surface area (Å²) < 4.78 is 0. The molecule has 0 saturated carbocycles. The molecule has 1 atom stereocenters. The summed E-state index contributed by atoms with van der Waals surface area (Å²) in [6, 6.07) is 3.59. The minimum atomic E-state index is -0.473. The zero-order chi connectivity index (χ0) is 14.4. The van der Waals surface area contributed by atoms with Crippen molar-refractivity contribution in [3.05, 3.63) is 23.9 Å². The quantitative estimate of drug-likeness (QED) is 0.872.